The Morgan fingerprint density at radius 3 is 2.45 bits per heavy atom. The maximum Gasteiger partial charge on any atom is 0.268 e. The van der Waals surface area contributed by atoms with Crippen molar-refractivity contribution in [2.24, 2.45) is 0 Å². The van der Waals surface area contributed by atoms with Crippen LogP contribution in [0.4, 0.5) is 20.3 Å². The lowest BCUT2D eigenvalue weighted by molar-refractivity contribution is -0.346. The molecule has 1 aliphatic heterocycles. The van der Waals surface area contributed by atoms with Crippen LogP contribution < -0.4 is 15.4 Å². The maximum atomic E-state index is 14.2. The largest absolute Gasteiger partial charge is 0.385 e. The molecular formula is C26H24F2N5O4S+. The van der Waals surface area contributed by atoms with E-state index in [9.17, 15) is 27.1 Å². The number of hydrogen-bond acceptors (Lipinski definition) is 6. The normalized spacial score (nSPS) is 15.4. The second-order valence-electron chi connectivity index (χ2n) is 9.08. The molecule has 4 aromatic rings. The van der Waals surface area contributed by atoms with Crippen molar-refractivity contribution in [1.82, 2.24) is 9.88 Å². The van der Waals surface area contributed by atoms with Gasteiger partial charge in [-0.25, -0.2) is 27.2 Å². The van der Waals surface area contributed by atoms with Crippen LogP contribution in [0.3, 0.4) is 0 Å². The van der Waals surface area contributed by atoms with E-state index in [1.165, 1.54) is 53.6 Å². The molecule has 5 N–H and O–H groups in total. The minimum absolute atomic E-state index is 0.0156. The number of H-pyrrole nitrogens is 1. The zero-order chi connectivity index (χ0) is 27.1. The lowest BCUT2D eigenvalue weighted by Crippen LogP contribution is -2.45. The zero-order valence-corrected chi connectivity index (χ0v) is 20.8. The van der Waals surface area contributed by atoms with Gasteiger partial charge in [-0.15, -0.1) is 0 Å². The van der Waals surface area contributed by atoms with Gasteiger partial charge in [-0.2, -0.15) is 0 Å². The molecule has 0 radical (unpaired) electrons. The van der Waals surface area contributed by atoms with Gasteiger partial charge < -0.3 is 15.7 Å². The Hall–Kier alpha value is -4.16. The summed E-state index contributed by atoms with van der Waals surface area (Å²) in [6.45, 7) is 0.269. The molecule has 1 fully saturated rings. The number of rotatable bonds is 5. The van der Waals surface area contributed by atoms with Crippen LogP contribution in [0.5, 0.6) is 0 Å². The van der Waals surface area contributed by atoms with Crippen molar-refractivity contribution in [1.29, 1.82) is 0 Å². The smallest absolute Gasteiger partial charge is 0.268 e. The molecule has 0 unspecified atom stereocenters. The highest BCUT2D eigenvalue weighted by molar-refractivity contribution is 7.93. The fourth-order valence-electron chi connectivity index (χ4n) is 4.59. The fraction of sp³-hybridized carbons (Fsp3) is 0.192. The highest BCUT2D eigenvalue weighted by Gasteiger charge is 2.38. The van der Waals surface area contributed by atoms with E-state index >= 15 is 0 Å². The number of piperidine rings is 1. The van der Waals surface area contributed by atoms with E-state index in [2.05, 4.69) is 14.7 Å². The second-order valence-corrected chi connectivity index (χ2v) is 10.7. The van der Waals surface area contributed by atoms with Crippen LogP contribution in [0, 0.1) is 11.6 Å². The molecule has 1 saturated heterocycles. The first kappa shape index (κ1) is 25.5. The number of nitrogen functional groups attached to an aromatic ring is 1. The topological polar surface area (TPSA) is 140 Å². The van der Waals surface area contributed by atoms with Gasteiger partial charge in [0, 0.05) is 29.9 Å². The summed E-state index contributed by atoms with van der Waals surface area (Å²) in [4.78, 5) is 21.5. The zero-order valence-electron chi connectivity index (χ0n) is 20.0. The van der Waals surface area contributed by atoms with Crippen molar-refractivity contribution in [3.05, 3.63) is 89.6 Å². The van der Waals surface area contributed by atoms with Crippen molar-refractivity contribution in [2.45, 2.75) is 23.3 Å². The van der Waals surface area contributed by atoms with Crippen LogP contribution >= 0.6 is 0 Å². The number of aliphatic hydroxyl groups is 1. The number of halogens is 2. The second kappa shape index (κ2) is 9.62. The molecule has 0 saturated carbocycles. The van der Waals surface area contributed by atoms with Crippen LogP contribution in [0.25, 0.3) is 11.0 Å². The van der Waals surface area contributed by atoms with Crippen LogP contribution in [0.2, 0.25) is 0 Å². The Balaban J connectivity index is 1.28. The molecule has 1 aromatic heterocycles. The molecular weight excluding hydrogens is 516 g/mol. The summed E-state index contributed by atoms with van der Waals surface area (Å²) in [6.07, 6.45) is 1.48. The summed E-state index contributed by atoms with van der Waals surface area (Å²) in [6, 6.07) is 14.2. The molecule has 0 atom stereocenters. The number of carbonyl (C=O) groups is 1. The first-order valence-corrected chi connectivity index (χ1v) is 13.2. The van der Waals surface area contributed by atoms with Crippen LogP contribution in [-0.4, -0.2) is 42.4 Å². The molecule has 12 heteroatoms. The van der Waals surface area contributed by atoms with Crippen molar-refractivity contribution in [3.63, 3.8) is 0 Å². The van der Waals surface area contributed by atoms with E-state index in [0.717, 1.165) is 6.07 Å². The number of fused-ring (bicyclic) bond motifs is 1. The molecule has 38 heavy (non-hydrogen) atoms. The van der Waals surface area contributed by atoms with Gasteiger partial charge >= 0.3 is 0 Å². The number of sulfonamides is 1. The van der Waals surface area contributed by atoms with Crippen molar-refractivity contribution < 1.29 is 32.1 Å². The van der Waals surface area contributed by atoms with E-state index in [0.29, 0.717) is 16.6 Å². The summed E-state index contributed by atoms with van der Waals surface area (Å²) in [5, 5.41) is 10.9. The molecule has 1 aliphatic rings. The average Bonchev–Trinajstić information content (AvgIpc) is 2.90. The van der Waals surface area contributed by atoms with Gasteiger partial charge in [0.25, 0.3) is 15.9 Å². The number of hydrogen-bond donors (Lipinski definition) is 3. The third-order valence-electron chi connectivity index (χ3n) is 6.62. The van der Waals surface area contributed by atoms with Crippen molar-refractivity contribution in [3.8, 4) is 0 Å². The SMILES string of the molecule is Nc1c[nH+]c2c(S(=O)(=O)Nc3ccc(C(=O)N4CCC(O)(c5cccc(F)c5F)CC4)cc3)cccc2n1. The van der Waals surface area contributed by atoms with Crippen LogP contribution in [0.1, 0.15) is 28.8 Å². The third kappa shape index (κ3) is 4.75. The molecule has 1 amide bonds. The minimum atomic E-state index is -3.99. The average molecular weight is 541 g/mol. The molecule has 0 spiro atoms. The lowest BCUT2D eigenvalue weighted by atomic mass is 9.84. The van der Waals surface area contributed by atoms with Gasteiger partial charge in [-0.05, 0) is 55.3 Å². The van der Waals surface area contributed by atoms with Crippen molar-refractivity contribution >= 4 is 38.5 Å². The molecule has 3 aromatic carbocycles. The minimum Gasteiger partial charge on any atom is -0.385 e. The number of nitrogens with zero attached hydrogens (tertiary/aromatic N) is 2. The number of para-hydroxylation sites is 1. The number of likely N-dealkylation sites (tertiary alicyclic amines) is 1. The molecule has 2 heterocycles. The highest BCUT2D eigenvalue weighted by Crippen LogP contribution is 2.35. The maximum absolute atomic E-state index is 14.2. The van der Waals surface area contributed by atoms with Gasteiger partial charge in [0.2, 0.25) is 11.7 Å². The first-order valence-electron chi connectivity index (χ1n) is 11.7. The van der Waals surface area contributed by atoms with E-state index in [1.807, 2.05) is 0 Å². The number of nitrogens with one attached hydrogen (secondary N) is 2. The number of benzene rings is 3. The number of nitrogens with two attached hydrogens (primary N) is 1. The number of anilines is 2. The molecule has 0 bridgehead atoms. The van der Waals surface area contributed by atoms with Gasteiger partial charge in [0.05, 0.1) is 5.60 Å². The number of aromatic nitrogens is 2. The Bertz CT molecular complexity index is 1640. The summed E-state index contributed by atoms with van der Waals surface area (Å²) < 4.78 is 56.5. The number of amides is 1. The predicted molar refractivity (Wildman–Crippen MR) is 135 cm³/mol. The van der Waals surface area contributed by atoms with Crippen molar-refractivity contribution in [2.75, 3.05) is 23.5 Å². The Morgan fingerprint density at radius 2 is 1.74 bits per heavy atom. The highest BCUT2D eigenvalue weighted by atomic mass is 32.2. The summed E-state index contributed by atoms with van der Waals surface area (Å²) in [5.41, 5.74) is 5.22. The van der Waals surface area contributed by atoms with E-state index in [4.69, 9.17) is 5.73 Å². The summed E-state index contributed by atoms with van der Waals surface area (Å²) >= 11 is 0. The number of aromatic amines is 1. The van der Waals surface area contributed by atoms with Gasteiger partial charge in [-0.1, -0.05) is 18.2 Å². The van der Waals surface area contributed by atoms with E-state index in [-0.39, 0.29) is 53.8 Å². The predicted octanol–water partition coefficient (Wildman–Crippen LogP) is 2.83. The van der Waals surface area contributed by atoms with E-state index < -0.39 is 27.3 Å². The van der Waals surface area contributed by atoms with Gasteiger partial charge in [-0.3, -0.25) is 9.52 Å². The molecule has 5 rings (SSSR count). The van der Waals surface area contributed by atoms with Gasteiger partial charge in [0.1, 0.15) is 5.52 Å². The number of carbonyl (C=O) groups excluding carboxylic acids is 1. The van der Waals surface area contributed by atoms with E-state index in [1.54, 1.807) is 12.1 Å². The Morgan fingerprint density at radius 1 is 1.05 bits per heavy atom. The van der Waals surface area contributed by atoms with Crippen LogP contribution in [-0.2, 0) is 15.6 Å². The van der Waals surface area contributed by atoms with Crippen LogP contribution in [0.15, 0.2) is 71.8 Å². The standard InChI is InChI=1S/C26H23F2N5O4S/c27-19-4-1-3-18(23(19)28)26(35)11-13-33(14-12-26)25(34)16-7-9-17(10-8-16)32-38(36,37)21-6-2-5-20-24(21)30-15-22(29)31-20/h1-10,15,32,35H,11-14H2,(H2,29,31)/p+1. The first-order chi connectivity index (χ1) is 18.1. The summed E-state index contributed by atoms with van der Waals surface area (Å²) in [7, 11) is -3.99. The molecule has 196 valence electrons. The monoisotopic (exact) mass is 540 g/mol. The quantitative estimate of drug-likeness (QED) is 0.356. The summed E-state index contributed by atoms with van der Waals surface area (Å²) in [5.74, 6) is -2.23. The molecule has 9 nitrogen and oxygen atoms in total. The molecule has 0 aliphatic carbocycles. The third-order valence-corrected chi connectivity index (χ3v) is 8.05. The Kier molecular flexibility index (Phi) is 6.45. The fourth-order valence-corrected chi connectivity index (χ4v) is 5.83. The van der Waals surface area contributed by atoms with Gasteiger partial charge in [0.15, 0.2) is 22.3 Å². The lowest BCUT2D eigenvalue weighted by Gasteiger charge is -2.38. The Labute approximate surface area is 217 Å².